The van der Waals surface area contributed by atoms with Gasteiger partial charge in [0.1, 0.15) is 17.9 Å². The van der Waals surface area contributed by atoms with Gasteiger partial charge in [-0.05, 0) is 78.7 Å². The molecule has 2 aliphatic heterocycles. The van der Waals surface area contributed by atoms with E-state index in [2.05, 4.69) is 38.8 Å². The van der Waals surface area contributed by atoms with E-state index in [1.165, 1.54) is 24.5 Å². The van der Waals surface area contributed by atoms with Crippen molar-refractivity contribution in [2.75, 3.05) is 51.7 Å². The molecule has 11 heteroatoms. The Kier molecular flexibility index (Phi) is 10.1. The monoisotopic (exact) mass is 585 g/mol. The fraction of sp³-hybridized carbons (Fsp3) is 0.677. The number of aromatic nitrogens is 3. The number of aliphatic hydroxyl groups is 1. The summed E-state index contributed by atoms with van der Waals surface area (Å²) in [6.45, 7) is 16.4. The van der Waals surface area contributed by atoms with E-state index in [4.69, 9.17) is 4.74 Å². The molecule has 0 radical (unpaired) electrons. The molecule has 10 nitrogen and oxygen atoms in total. The number of hydrogen-bond donors (Lipinski definition) is 1. The number of benzene rings is 1. The van der Waals surface area contributed by atoms with Gasteiger partial charge in [0, 0.05) is 56.3 Å². The summed E-state index contributed by atoms with van der Waals surface area (Å²) in [5.41, 5.74) is 0.270. The van der Waals surface area contributed by atoms with Crippen LogP contribution in [0.1, 0.15) is 64.7 Å². The quantitative estimate of drug-likeness (QED) is 0.398. The highest BCUT2D eigenvalue weighted by Gasteiger charge is 2.50. The van der Waals surface area contributed by atoms with Crippen LogP contribution < -0.4 is 9.64 Å². The molecule has 232 valence electrons. The maximum Gasteiger partial charge on any atom is 0.282 e. The van der Waals surface area contributed by atoms with Gasteiger partial charge in [-0.3, -0.25) is 9.69 Å². The lowest BCUT2D eigenvalue weighted by molar-refractivity contribution is -0.0476. The number of hydrogen-bond acceptors (Lipinski definition) is 9. The first-order valence-corrected chi connectivity index (χ1v) is 15.1. The van der Waals surface area contributed by atoms with Crippen LogP contribution in [0.4, 0.5) is 10.2 Å². The molecule has 1 spiro atoms. The molecule has 2 aromatic rings. The van der Waals surface area contributed by atoms with Gasteiger partial charge >= 0.3 is 0 Å². The standard InChI is InChI=1S/C31H48FN7O3/c1-20(2)26(14-24(40)15-36(7)8)38-17-31(18-38)11-12-37(16-31)28-29(35-34-19-33-28)42-27-10-9-23(32)13-25(27)30(41)39(21(3)4)22(5)6/h9-10,13,19-22,24,26,40H,11-12,14-18H2,1-8H3/t24-,26-/m1/s1. The minimum atomic E-state index is -0.513. The van der Waals surface area contributed by atoms with Crippen molar-refractivity contribution in [2.24, 2.45) is 11.3 Å². The van der Waals surface area contributed by atoms with Crippen LogP contribution in [0.5, 0.6) is 11.6 Å². The maximum absolute atomic E-state index is 14.3. The topological polar surface area (TPSA) is 98.2 Å². The Balaban J connectivity index is 1.49. The summed E-state index contributed by atoms with van der Waals surface area (Å²) in [4.78, 5) is 26.4. The molecule has 0 saturated carbocycles. The van der Waals surface area contributed by atoms with Crippen LogP contribution in [0.15, 0.2) is 24.5 Å². The zero-order valence-corrected chi connectivity index (χ0v) is 26.4. The van der Waals surface area contributed by atoms with Crippen molar-refractivity contribution in [2.45, 2.75) is 78.6 Å². The van der Waals surface area contributed by atoms with Crippen LogP contribution in [-0.2, 0) is 0 Å². The van der Waals surface area contributed by atoms with E-state index >= 15 is 0 Å². The molecule has 0 bridgehead atoms. The van der Waals surface area contributed by atoms with Gasteiger partial charge in [0.2, 0.25) is 0 Å². The Labute approximate surface area is 249 Å². The third kappa shape index (κ3) is 7.18. The smallest absolute Gasteiger partial charge is 0.282 e. The number of aliphatic hydroxyl groups excluding tert-OH is 1. The summed E-state index contributed by atoms with van der Waals surface area (Å²) >= 11 is 0. The number of carbonyl (C=O) groups is 1. The van der Waals surface area contributed by atoms with Crippen molar-refractivity contribution in [3.63, 3.8) is 0 Å². The Hall–Kier alpha value is -2.89. The van der Waals surface area contributed by atoms with Crippen LogP contribution in [-0.4, -0.2) is 112 Å². The fourth-order valence-electron chi connectivity index (χ4n) is 6.65. The number of likely N-dealkylation sites (N-methyl/N-ethyl adjacent to an activating group) is 1. The van der Waals surface area contributed by atoms with Crippen molar-refractivity contribution in [1.29, 1.82) is 0 Å². The molecule has 1 amide bonds. The minimum absolute atomic E-state index is 0.0725. The predicted molar refractivity (Wildman–Crippen MR) is 161 cm³/mol. The summed E-state index contributed by atoms with van der Waals surface area (Å²) in [5, 5.41) is 18.8. The molecule has 1 N–H and O–H groups in total. The van der Waals surface area contributed by atoms with Crippen LogP contribution in [0.25, 0.3) is 0 Å². The van der Waals surface area contributed by atoms with Gasteiger partial charge in [-0.2, -0.15) is 0 Å². The lowest BCUT2D eigenvalue weighted by Crippen LogP contribution is -2.62. The molecule has 3 heterocycles. The molecular formula is C31H48FN7O3. The number of amides is 1. The molecule has 0 aliphatic carbocycles. The average Bonchev–Trinajstić information content (AvgIpc) is 3.32. The summed E-state index contributed by atoms with van der Waals surface area (Å²) in [6, 6.07) is 4.14. The first-order chi connectivity index (χ1) is 19.8. The average molecular weight is 586 g/mol. The van der Waals surface area contributed by atoms with E-state index in [1.54, 1.807) is 4.90 Å². The summed E-state index contributed by atoms with van der Waals surface area (Å²) in [6.07, 6.45) is 2.81. The second-order valence-electron chi connectivity index (χ2n) is 13.3. The molecule has 2 saturated heterocycles. The molecule has 0 unspecified atom stereocenters. The Bertz CT molecular complexity index is 1210. The molecule has 4 rings (SSSR count). The highest BCUT2D eigenvalue weighted by molar-refractivity contribution is 5.97. The number of nitrogens with zero attached hydrogens (tertiary/aromatic N) is 7. The van der Waals surface area contributed by atoms with E-state index in [-0.39, 0.29) is 46.7 Å². The van der Waals surface area contributed by atoms with Crippen molar-refractivity contribution < 1.29 is 19.0 Å². The normalized spacial score (nSPS) is 18.3. The van der Waals surface area contributed by atoms with Crippen molar-refractivity contribution >= 4 is 11.7 Å². The van der Waals surface area contributed by atoms with Gasteiger partial charge in [-0.25, -0.2) is 9.37 Å². The largest absolute Gasteiger partial charge is 0.434 e. The van der Waals surface area contributed by atoms with Gasteiger partial charge in [-0.15, -0.1) is 10.2 Å². The molecule has 2 aliphatic rings. The fourth-order valence-corrected chi connectivity index (χ4v) is 6.65. The lowest BCUT2D eigenvalue weighted by atomic mass is 9.76. The zero-order valence-electron chi connectivity index (χ0n) is 26.4. The second kappa shape index (κ2) is 13.2. The molecular weight excluding hydrogens is 537 g/mol. The first-order valence-electron chi connectivity index (χ1n) is 15.1. The van der Waals surface area contributed by atoms with Crippen LogP contribution in [0.2, 0.25) is 0 Å². The summed E-state index contributed by atoms with van der Waals surface area (Å²) in [5.74, 6) is 0.598. The molecule has 2 fully saturated rings. The van der Waals surface area contributed by atoms with E-state index < -0.39 is 5.82 Å². The number of anilines is 1. The summed E-state index contributed by atoms with van der Waals surface area (Å²) < 4.78 is 20.5. The van der Waals surface area contributed by atoms with E-state index in [9.17, 15) is 14.3 Å². The van der Waals surface area contributed by atoms with Crippen molar-refractivity contribution in [1.82, 2.24) is 29.9 Å². The van der Waals surface area contributed by atoms with E-state index in [1.807, 2.05) is 46.7 Å². The number of ether oxygens (including phenoxy) is 1. The number of halogens is 1. The SMILES string of the molecule is CC(C)[C@@H](C[C@@H](O)CN(C)C)N1CC2(CCN(c3ncnnc3Oc3ccc(F)cc3C(=O)N(C(C)C)C(C)C)C2)C1. The minimum Gasteiger partial charge on any atom is -0.434 e. The van der Waals surface area contributed by atoms with Gasteiger partial charge in [-0.1, -0.05) is 13.8 Å². The third-order valence-corrected chi connectivity index (χ3v) is 8.44. The first kappa shape index (κ1) is 32.0. The summed E-state index contributed by atoms with van der Waals surface area (Å²) in [7, 11) is 3.97. The maximum atomic E-state index is 14.3. The van der Waals surface area contributed by atoms with Crippen molar-refractivity contribution in [3.05, 3.63) is 35.9 Å². The Morgan fingerprint density at radius 2 is 1.81 bits per heavy atom. The van der Waals surface area contributed by atoms with Gasteiger partial charge in [0.05, 0.1) is 11.7 Å². The second-order valence-corrected chi connectivity index (χ2v) is 13.3. The number of carbonyl (C=O) groups excluding carboxylic acids is 1. The predicted octanol–water partition coefficient (Wildman–Crippen LogP) is 3.91. The third-order valence-electron chi connectivity index (χ3n) is 8.44. The Morgan fingerprint density at radius 3 is 2.43 bits per heavy atom. The lowest BCUT2D eigenvalue weighted by Gasteiger charge is -2.53. The number of likely N-dealkylation sites (tertiary alicyclic amines) is 1. The highest BCUT2D eigenvalue weighted by atomic mass is 19.1. The van der Waals surface area contributed by atoms with E-state index in [0.717, 1.165) is 39.0 Å². The zero-order chi connectivity index (χ0) is 30.8. The van der Waals surface area contributed by atoms with Crippen molar-refractivity contribution in [3.8, 4) is 11.6 Å². The van der Waals surface area contributed by atoms with Crippen LogP contribution in [0.3, 0.4) is 0 Å². The van der Waals surface area contributed by atoms with Gasteiger partial charge < -0.3 is 24.5 Å². The Morgan fingerprint density at radius 1 is 1.12 bits per heavy atom. The molecule has 1 aromatic carbocycles. The number of rotatable bonds is 12. The van der Waals surface area contributed by atoms with E-state index in [0.29, 0.717) is 24.3 Å². The van der Waals surface area contributed by atoms with Crippen LogP contribution in [0, 0.1) is 17.2 Å². The molecule has 2 atom stereocenters. The van der Waals surface area contributed by atoms with Crippen LogP contribution >= 0.6 is 0 Å². The molecule has 1 aromatic heterocycles. The van der Waals surface area contributed by atoms with Gasteiger partial charge in [0.15, 0.2) is 5.82 Å². The molecule has 42 heavy (non-hydrogen) atoms. The highest BCUT2D eigenvalue weighted by Crippen LogP contribution is 2.44. The van der Waals surface area contributed by atoms with Gasteiger partial charge in [0.25, 0.3) is 11.8 Å².